The highest BCUT2D eigenvalue weighted by Crippen LogP contribution is 2.23. The molecule has 7 nitrogen and oxygen atoms in total. The lowest BCUT2D eigenvalue weighted by Gasteiger charge is -2.16. The minimum Gasteiger partial charge on any atom is -0.334 e. The number of hydrogen-bond donors (Lipinski definition) is 1. The van der Waals surface area contributed by atoms with Gasteiger partial charge in [-0.25, -0.2) is 9.97 Å². The van der Waals surface area contributed by atoms with E-state index in [9.17, 15) is 9.59 Å². The van der Waals surface area contributed by atoms with Gasteiger partial charge in [-0.2, -0.15) is 0 Å². The molecule has 9 heteroatoms. The predicted molar refractivity (Wildman–Crippen MR) is 127 cm³/mol. The first-order valence-corrected chi connectivity index (χ1v) is 11.8. The molecule has 1 aromatic carbocycles. The number of amides is 1. The summed E-state index contributed by atoms with van der Waals surface area (Å²) < 4.78 is 2.60. The van der Waals surface area contributed by atoms with Crippen LogP contribution in [0.15, 0.2) is 76.0 Å². The average Bonchev–Trinajstić information content (AvgIpc) is 3.44. The van der Waals surface area contributed by atoms with Crippen LogP contribution in [0.25, 0.3) is 15.9 Å². The number of pyridine rings is 1. The van der Waals surface area contributed by atoms with Crippen molar-refractivity contribution in [1.29, 1.82) is 0 Å². The topological polar surface area (TPSA) is 83.4 Å². The molecule has 0 bridgehead atoms. The third-order valence-electron chi connectivity index (χ3n) is 5.00. The lowest BCUT2D eigenvalue weighted by Crippen LogP contribution is -2.28. The van der Waals surface area contributed by atoms with E-state index in [1.165, 1.54) is 11.3 Å². The van der Waals surface area contributed by atoms with E-state index >= 15 is 0 Å². The number of aromatic nitrogens is 4. The van der Waals surface area contributed by atoms with E-state index < -0.39 is 0 Å². The summed E-state index contributed by atoms with van der Waals surface area (Å²) in [4.78, 5) is 39.4. The first-order chi connectivity index (χ1) is 15.6. The molecule has 4 aromatic heterocycles. The predicted octanol–water partition coefficient (Wildman–Crippen LogP) is 4.20. The summed E-state index contributed by atoms with van der Waals surface area (Å²) >= 11 is 3.03. The van der Waals surface area contributed by atoms with Gasteiger partial charge in [0.15, 0.2) is 0 Å². The molecular weight excluding hydrogens is 442 g/mol. The molecule has 5 aromatic rings. The zero-order valence-corrected chi connectivity index (χ0v) is 18.8. The fraction of sp³-hybridized carbons (Fsp3) is 0.130. The van der Waals surface area contributed by atoms with Gasteiger partial charge in [0, 0.05) is 35.7 Å². The van der Waals surface area contributed by atoms with Crippen molar-refractivity contribution in [3.05, 3.63) is 93.7 Å². The summed E-state index contributed by atoms with van der Waals surface area (Å²) in [5.41, 5.74) is 3.00. The maximum atomic E-state index is 12.8. The summed E-state index contributed by atoms with van der Waals surface area (Å²) in [5.74, 6) is 1.09. The van der Waals surface area contributed by atoms with Crippen molar-refractivity contribution >= 4 is 44.9 Å². The number of imidazole rings is 1. The quantitative estimate of drug-likeness (QED) is 0.383. The molecule has 0 radical (unpaired) electrons. The van der Waals surface area contributed by atoms with E-state index in [1.807, 2.05) is 70.7 Å². The van der Waals surface area contributed by atoms with Gasteiger partial charge in [0.25, 0.3) is 11.5 Å². The second-order valence-electron chi connectivity index (χ2n) is 7.32. The fourth-order valence-corrected chi connectivity index (χ4v) is 4.93. The van der Waals surface area contributed by atoms with Gasteiger partial charge in [0.05, 0.1) is 17.8 Å². The van der Waals surface area contributed by atoms with Crippen LogP contribution in [0.2, 0.25) is 0 Å². The number of fused-ring (bicyclic) bond motifs is 2. The molecule has 0 atom stereocenters. The number of H-pyrrole nitrogens is 1. The van der Waals surface area contributed by atoms with E-state index in [1.54, 1.807) is 23.7 Å². The molecule has 0 saturated carbocycles. The number of benzene rings is 1. The van der Waals surface area contributed by atoms with Gasteiger partial charge in [-0.15, -0.1) is 23.1 Å². The van der Waals surface area contributed by atoms with Crippen molar-refractivity contribution in [2.24, 2.45) is 0 Å². The van der Waals surface area contributed by atoms with E-state index in [4.69, 9.17) is 0 Å². The van der Waals surface area contributed by atoms with Crippen LogP contribution in [0.3, 0.4) is 0 Å². The molecular formula is C23H19N5O2S2. The Bertz CT molecular complexity index is 1440. The number of carbonyl (C=O) groups excluding carboxylic acids is 1. The van der Waals surface area contributed by atoms with Gasteiger partial charge >= 0.3 is 0 Å². The Kier molecular flexibility index (Phi) is 5.50. The molecule has 0 fully saturated rings. The Labute approximate surface area is 191 Å². The zero-order chi connectivity index (χ0) is 22.1. The van der Waals surface area contributed by atoms with Gasteiger partial charge in [-0.05, 0) is 47.8 Å². The zero-order valence-electron chi connectivity index (χ0n) is 17.2. The molecule has 0 aliphatic rings. The number of carbonyl (C=O) groups is 1. The van der Waals surface area contributed by atoms with Crippen LogP contribution in [-0.2, 0) is 12.3 Å². The number of aromatic amines is 1. The molecule has 0 spiro atoms. The van der Waals surface area contributed by atoms with Crippen molar-refractivity contribution < 1.29 is 4.79 Å². The summed E-state index contributed by atoms with van der Waals surface area (Å²) in [6, 6.07) is 15.3. The molecule has 0 aliphatic heterocycles. The Morgan fingerprint density at radius 3 is 2.81 bits per heavy atom. The fourth-order valence-electron chi connectivity index (χ4n) is 3.42. The van der Waals surface area contributed by atoms with Crippen LogP contribution >= 0.6 is 23.1 Å². The highest BCUT2D eigenvalue weighted by Gasteiger charge is 2.14. The minimum absolute atomic E-state index is 0.130. The third kappa shape index (κ3) is 4.17. The standard InChI is InChI=1S/C23H19N5O2S2/c1-27(13-19-25-18-9-11-31-21(18)22(29)26-19)23(30)15-5-7-17(8-6-15)32-14-16-12-28-10-3-2-4-20(28)24-16/h2-12H,13-14H2,1H3,(H,25,26,29). The number of nitrogens with zero attached hydrogens (tertiary/aromatic N) is 4. The molecule has 0 saturated heterocycles. The van der Waals surface area contributed by atoms with E-state index in [-0.39, 0.29) is 18.0 Å². The highest BCUT2D eigenvalue weighted by atomic mass is 32.2. The Morgan fingerprint density at radius 2 is 2.00 bits per heavy atom. The van der Waals surface area contributed by atoms with Crippen molar-refractivity contribution in [2.45, 2.75) is 17.2 Å². The number of thioether (sulfide) groups is 1. The normalized spacial score (nSPS) is 11.3. The maximum absolute atomic E-state index is 12.8. The minimum atomic E-state index is -0.173. The molecule has 1 amide bonds. The largest absolute Gasteiger partial charge is 0.334 e. The summed E-state index contributed by atoms with van der Waals surface area (Å²) in [7, 11) is 1.70. The SMILES string of the molecule is CN(Cc1nc2ccsc2c(=O)[nH]1)C(=O)c1ccc(SCc2cn3ccccc3n2)cc1. The third-order valence-corrected chi connectivity index (χ3v) is 6.95. The smallest absolute Gasteiger partial charge is 0.268 e. The van der Waals surface area contributed by atoms with Crippen LogP contribution in [0, 0.1) is 0 Å². The van der Waals surface area contributed by atoms with Crippen LogP contribution in [0.4, 0.5) is 0 Å². The Hall–Kier alpha value is -3.43. The van der Waals surface area contributed by atoms with Crippen molar-refractivity contribution in [3.8, 4) is 0 Å². The van der Waals surface area contributed by atoms with Crippen LogP contribution in [0.5, 0.6) is 0 Å². The van der Waals surface area contributed by atoms with E-state index in [0.717, 1.165) is 22.0 Å². The molecule has 5 rings (SSSR count). The number of hydrogen-bond acceptors (Lipinski definition) is 6. The number of rotatable bonds is 6. The molecule has 160 valence electrons. The molecule has 0 unspecified atom stereocenters. The maximum Gasteiger partial charge on any atom is 0.268 e. The van der Waals surface area contributed by atoms with Gasteiger partial charge in [-0.1, -0.05) is 6.07 Å². The van der Waals surface area contributed by atoms with Crippen molar-refractivity contribution in [1.82, 2.24) is 24.3 Å². The molecule has 4 heterocycles. The lowest BCUT2D eigenvalue weighted by molar-refractivity contribution is 0.0781. The Morgan fingerprint density at radius 1 is 1.16 bits per heavy atom. The highest BCUT2D eigenvalue weighted by molar-refractivity contribution is 7.98. The summed E-state index contributed by atoms with van der Waals surface area (Å²) in [5, 5.41) is 1.83. The Balaban J connectivity index is 1.23. The van der Waals surface area contributed by atoms with E-state index in [2.05, 4.69) is 15.0 Å². The number of thiophene rings is 1. The van der Waals surface area contributed by atoms with Crippen molar-refractivity contribution in [3.63, 3.8) is 0 Å². The summed E-state index contributed by atoms with van der Waals surface area (Å²) in [6.45, 7) is 0.226. The lowest BCUT2D eigenvalue weighted by atomic mass is 10.2. The van der Waals surface area contributed by atoms with Crippen LogP contribution in [-0.4, -0.2) is 37.2 Å². The van der Waals surface area contributed by atoms with Gasteiger partial charge in [-0.3, -0.25) is 9.59 Å². The molecule has 0 aliphatic carbocycles. The monoisotopic (exact) mass is 461 g/mol. The first kappa shape index (κ1) is 20.5. The van der Waals surface area contributed by atoms with Crippen LogP contribution < -0.4 is 5.56 Å². The summed E-state index contributed by atoms with van der Waals surface area (Å²) in [6.07, 6.45) is 4.01. The molecule has 32 heavy (non-hydrogen) atoms. The van der Waals surface area contributed by atoms with Crippen LogP contribution in [0.1, 0.15) is 21.9 Å². The molecule has 1 N–H and O–H groups in total. The van der Waals surface area contributed by atoms with Gasteiger partial charge in [0.2, 0.25) is 0 Å². The van der Waals surface area contributed by atoms with Gasteiger partial charge < -0.3 is 14.3 Å². The second-order valence-corrected chi connectivity index (χ2v) is 9.29. The van der Waals surface area contributed by atoms with E-state index in [0.29, 0.717) is 21.6 Å². The number of nitrogens with one attached hydrogen (secondary N) is 1. The first-order valence-electron chi connectivity index (χ1n) is 9.94. The van der Waals surface area contributed by atoms with Gasteiger partial charge in [0.1, 0.15) is 16.2 Å². The average molecular weight is 462 g/mol. The van der Waals surface area contributed by atoms with Crippen molar-refractivity contribution in [2.75, 3.05) is 7.05 Å². The second kappa shape index (κ2) is 8.60.